The highest BCUT2D eigenvalue weighted by Gasteiger charge is 2.17. The molecule has 0 bridgehead atoms. The van der Waals surface area contributed by atoms with Crippen LogP contribution < -0.4 is 0 Å². The maximum absolute atomic E-state index is 11.0. The fraction of sp³-hybridized carbons (Fsp3) is 0.625. The molecule has 1 rings (SSSR count). The van der Waals surface area contributed by atoms with Gasteiger partial charge in [0.05, 0.1) is 0 Å². The van der Waals surface area contributed by atoms with E-state index in [0.29, 0.717) is 17.4 Å². The van der Waals surface area contributed by atoms with E-state index in [2.05, 4.69) is 6.58 Å². The van der Waals surface area contributed by atoms with Crippen LogP contribution in [0.15, 0.2) is 12.2 Å². The monoisotopic (exact) mass is 204 g/mol. The molecule has 0 spiro atoms. The number of hydrogen-bond donors (Lipinski definition) is 0. The molecule has 1 aliphatic rings. The van der Waals surface area contributed by atoms with E-state index in [4.69, 9.17) is 4.74 Å². The summed E-state index contributed by atoms with van der Waals surface area (Å²) in [5.74, 6) is 0.821. The van der Waals surface area contributed by atoms with Crippen molar-refractivity contribution in [1.82, 2.24) is 0 Å². The lowest BCUT2D eigenvalue weighted by Crippen LogP contribution is -2.15. The van der Waals surface area contributed by atoms with Crippen LogP contribution in [0, 0.1) is 0 Å². The van der Waals surface area contributed by atoms with Crippen molar-refractivity contribution in [2.24, 2.45) is 0 Å². The molecule has 0 saturated carbocycles. The van der Waals surface area contributed by atoms with Gasteiger partial charge in [-0.1, -0.05) is 6.58 Å². The average Bonchev–Trinajstić information content (AvgIpc) is 2.51. The molecular weight excluding hydrogens is 192 g/mol. The highest BCUT2D eigenvalue weighted by molar-refractivity contribution is 8.19. The minimum atomic E-state index is -0.271. The summed E-state index contributed by atoms with van der Waals surface area (Å²) in [5, 5.41) is 1.60. The van der Waals surface area contributed by atoms with E-state index in [1.165, 1.54) is 0 Å². The van der Waals surface area contributed by atoms with Gasteiger partial charge >= 0.3 is 5.97 Å². The summed E-state index contributed by atoms with van der Waals surface area (Å²) in [7, 11) is 0. The Morgan fingerprint density at radius 3 is 3.00 bits per heavy atom. The van der Waals surface area contributed by atoms with Crippen molar-refractivity contribution in [3.05, 3.63) is 12.2 Å². The van der Waals surface area contributed by atoms with E-state index in [-0.39, 0.29) is 5.97 Å². The second kappa shape index (κ2) is 4.82. The molecule has 1 atom stereocenters. The van der Waals surface area contributed by atoms with Crippen LogP contribution in [0.5, 0.6) is 0 Å². The van der Waals surface area contributed by atoms with Crippen LogP contribution >= 0.6 is 23.5 Å². The maximum Gasteiger partial charge on any atom is 0.333 e. The Hall–Kier alpha value is -0.0900. The second-order valence-electron chi connectivity index (χ2n) is 2.66. The predicted octanol–water partition coefficient (Wildman–Crippen LogP) is 1.91. The van der Waals surface area contributed by atoms with Crippen molar-refractivity contribution in [1.29, 1.82) is 0 Å². The smallest absolute Gasteiger partial charge is 0.333 e. The molecule has 12 heavy (non-hydrogen) atoms. The van der Waals surface area contributed by atoms with Crippen molar-refractivity contribution < 1.29 is 9.53 Å². The van der Waals surface area contributed by atoms with Crippen molar-refractivity contribution >= 4 is 29.5 Å². The van der Waals surface area contributed by atoms with E-state index in [1.54, 1.807) is 6.92 Å². The van der Waals surface area contributed by atoms with Gasteiger partial charge in [0.25, 0.3) is 0 Å². The minimum Gasteiger partial charge on any atom is -0.461 e. The SMILES string of the molecule is C=C(C)C(=O)OCC1CSCS1. The Kier molecular flexibility index (Phi) is 4.01. The Labute approximate surface area is 81.1 Å². The summed E-state index contributed by atoms with van der Waals surface area (Å²) in [6.07, 6.45) is 0. The van der Waals surface area contributed by atoms with Crippen LogP contribution in [-0.2, 0) is 9.53 Å². The molecule has 1 saturated heterocycles. The summed E-state index contributed by atoms with van der Waals surface area (Å²) in [4.78, 5) is 11.0. The third-order valence-corrected chi connectivity index (χ3v) is 4.27. The standard InChI is InChI=1S/C8H12O2S2/c1-6(2)8(9)10-3-7-4-11-5-12-7/h7H,1,3-5H2,2H3. The first-order valence-electron chi connectivity index (χ1n) is 3.72. The quantitative estimate of drug-likeness (QED) is 0.518. The maximum atomic E-state index is 11.0. The molecule has 0 aliphatic carbocycles. The molecule has 0 aromatic carbocycles. The molecule has 1 fully saturated rings. The number of ether oxygens (including phenoxy) is 1. The van der Waals surface area contributed by atoms with E-state index < -0.39 is 0 Å². The third kappa shape index (κ3) is 3.11. The Bertz CT molecular complexity index is 185. The fourth-order valence-corrected chi connectivity index (χ4v) is 3.50. The van der Waals surface area contributed by atoms with Crippen molar-refractivity contribution in [3.63, 3.8) is 0 Å². The van der Waals surface area contributed by atoms with Crippen LogP contribution in [0.4, 0.5) is 0 Å². The van der Waals surface area contributed by atoms with E-state index in [1.807, 2.05) is 23.5 Å². The lowest BCUT2D eigenvalue weighted by Gasteiger charge is -2.08. The van der Waals surface area contributed by atoms with Gasteiger partial charge in [-0.2, -0.15) is 0 Å². The second-order valence-corrected chi connectivity index (χ2v) is 5.34. The van der Waals surface area contributed by atoms with Crippen LogP contribution in [0.3, 0.4) is 0 Å². The first-order chi connectivity index (χ1) is 5.70. The molecule has 0 N–H and O–H groups in total. The van der Waals surface area contributed by atoms with Gasteiger partial charge in [0.2, 0.25) is 0 Å². The summed E-state index contributed by atoms with van der Waals surface area (Å²) in [6.45, 7) is 5.71. The summed E-state index contributed by atoms with van der Waals surface area (Å²) < 4.78 is 5.01. The molecule has 0 radical (unpaired) electrons. The first-order valence-corrected chi connectivity index (χ1v) is 5.92. The zero-order valence-corrected chi connectivity index (χ0v) is 8.67. The molecule has 0 amide bonds. The number of carbonyl (C=O) groups is 1. The van der Waals surface area contributed by atoms with Gasteiger partial charge < -0.3 is 4.74 Å². The molecule has 0 aromatic rings. The normalized spacial score (nSPS) is 22.2. The number of thioether (sulfide) groups is 2. The van der Waals surface area contributed by atoms with E-state index >= 15 is 0 Å². The lowest BCUT2D eigenvalue weighted by atomic mass is 10.4. The zero-order chi connectivity index (χ0) is 8.97. The highest BCUT2D eigenvalue weighted by atomic mass is 32.2. The molecule has 0 aromatic heterocycles. The predicted molar refractivity (Wildman–Crippen MR) is 54.5 cm³/mol. The van der Waals surface area contributed by atoms with Crippen LogP contribution in [0.2, 0.25) is 0 Å². The van der Waals surface area contributed by atoms with Crippen molar-refractivity contribution in [2.75, 3.05) is 17.4 Å². The Balaban J connectivity index is 2.16. The summed E-state index contributed by atoms with van der Waals surface area (Å²) >= 11 is 3.74. The number of carbonyl (C=O) groups excluding carboxylic acids is 1. The molecule has 68 valence electrons. The molecule has 2 nitrogen and oxygen atoms in total. The number of rotatable bonds is 3. The van der Waals surface area contributed by atoms with Gasteiger partial charge in [0.1, 0.15) is 6.61 Å². The van der Waals surface area contributed by atoms with Crippen LogP contribution in [0.1, 0.15) is 6.92 Å². The third-order valence-electron chi connectivity index (χ3n) is 1.44. The van der Waals surface area contributed by atoms with Gasteiger partial charge in [-0.05, 0) is 6.92 Å². The van der Waals surface area contributed by atoms with Gasteiger partial charge in [-0.3, -0.25) is 0 Å². The molecule has 1 heterocycles. The van der Waals surface area contributed by atoms with Crippen LogP contribution in [0.25, 0.3) is 0 Å². The van der Waals surface area contributed by atoms with E-state index in [9.17, 15) is 4.79 Å². The lowest BCUT2D eigenvalue weighted by molar-refractivity contribution is -0.138. The average molecular weight is 204 g/mol. The molecule has 1 aliphatic heterocycles. The zero-order valence-electron chi connectivity index (χ0n) is 7.04. The summed E-state index contributed by atoms with van der Waals surface area (Å²) in [6, 6.07) is 0. The summed E-state index contributed by atoms with van der Waals surface area (Å²) in [5.41, 5.74) is 0.477. The van der Waals surface area contributed by atoms with Crippen LogP contribution in [-0.4, -0.2) is 28.7 Å². The Morgan fingerprint density at radius 1 is 1.75 bits per heavy atom. The van der Waals surface area contributed by atoms with Gasteiger partial charge in [0.15, 0.2) is 0 Å². The minimum absolute atomic E-state index is 0.271. The first kappa shape index (κ1) is 9.99. The number of hydrogen-bond acceptors (Lipinski definition) is 4. The van der Waals surface area contributed by atoms with Gasteiger partial charge in [-0.15, -0.1) is 23.5 Å². The topological polar surface area (TPSA) is 26.3 Å². The van der Waals surface area contributed by atoms with Gasteiger partial charge in [0, 0.05) is 21.7 Å². The Morgan fingerprint density at radius 2 is 2.50 bits per heavy atom. The molecular formula is C8H12O2S2. The number of esters is 1. The molecule has 4 heteroatoms. The van der Waals surface area contributed by atoms with Crippen molar-refractivity contribution in [3.8, 4) is 0 Å². The van der Waals surface area contributed by atoms with E-state index in [0.717, 1.165) is 10.8 Å². The molecule has 1 unspecified atom stereocenters. The highest BCUT2D eigenvalue weighted by Crippen LogP contribution is 2.29. The van der Waals surface area contributed by atoms with Gasteiger partial charge in [-0.25, -0.2) is 4.79 Å². The van der Waals surface area contributed by atoms with Crippen molar-refractivity contribution in [2.45, 2.75) is 12.2 Å². The fourth-order valence-electron chi connectivity index (χ4n) is 0.760. The largest absolute Gasteiger partial charge is 0.461 e.